The molecule has 1 aromatic heterocycles. The van der Waals surface area contributed by atoms with E-state index in [1.54, 1.807) is 22.8 Å². The fourth-order valence-electron chi connectivity index (χ4n) is 3.53. The normalized spacial score (nSPS) is 13.7. The van der Waals surface area contributed by atoms with Crippen molar-refractivity contribution in [2.45, 2.75) is 31.2 Å². The average molecular weight is 492 g/mol. The molecule has 10 heteroatoms. The van der Waals surface area contributed by atoms with Gasteiger partial charge in [0.15, 0.2) is 5.16 Å². The third-order valence-electron chi connectivity index (χ3n) is 5.25. The number of aromatic nitrogens is 2. The second-order valence-electron chi connectivity index (χ2n) is 7.72. The summed E-state index contributed by atoms with van der Waals surface area (Å²) in [5.74, 6) is 1.38. The maximum Gasteiger partial charge on any atom is 0.409 e. The van der Waals surface area contributed by atoms with Crippen LogP contribution >= 0.6 is 23.4 Å². The molecule has 0 atom stereocenters. The lowest BCUT2D eigenvalue weighted by Gasteiger charge is -2.34. The van der Waals surface area contributed by atoms with Gasteiger partial charge in [0.25, 0.3) is 5.91 Å². The lowest BCUT2D eigenvalue weighted by Crippen LogP contribution is -2.50. The van der Waals surface area contributed by atoms with Crippen LogP contribution in [0.4, 0.5) is 10.6 Å². The molecule has 178 valence electrons. The summed E-state index contributed by atoms with van der Waals surface area (Å²) in [6.07, 6.45) is 0.690. The standard InChI is InChI=1S/C23H30ClN5O3S/c1-4-9-27(3)20-15-19(24)25-22(26-20)33-16-17-7-6-8-18(14-17)21(30)28-10-12-29(13-11-28)23(31)32-5-2/h6-8,14-15H,4-5,9-13,16H2,1-3H3. The molecule has 2 amide bonds. The number of piperazine rings is 1. The molecule has 2 aromatic rings. The van der Waals surface area contributed by atoms with E-state index in [1.807, 2.05) is 31.3 Å². The van der Waals surface area contributed by atoms with E-state index in [1.165, 1.54) is 11.8 Å². The Bertz CT molecular complexity index is 969. The van der Waals surface area contributed by atoms with Crippen molar-refractivity contribution in [3.63, 3.8) is 0 Å². The highest BCUT2D eigenvalue weighted by Gasteiger charge is 2.25. The zero-order chi connectivity index (χ0) is 23.8. The summed E-state index contributed by atoms with van der Waals surface area (Å²) in [6.45, 7) is 7.05. The number of ether oxygens (including phenoxy) is 1. The Morgan fingerprint density at radius 3 is 2.55 bits per heavy atom. The topological polar surface area (TPSA) is 78.9 Å². The molecule has 1 aliphatic heterocycles. The van der Waals surface area contributed by atoms with Crippen molar-refractivity contribution in [1.29, 1.82) is 0 Å². The molecule has 3 rings (SSSR count). The van der Waals surface area contributed by atoms with E-state index in [4.69, 9.17) is 16.3 Å². The van der Waals surface area contributed by atoms with Gasteiger partial charge in [0.1, 0.15) is 11.0 Å². The molecular formula is C23H30ClN5O3S. The monoisotopic (exact) mass is 491 g/mol. The SMILES string of the molecule is CCCN(C)c1cc(Cl)nc(SCc2cccc(C(=O)N3CCN(C(=O)OCC)CC3)c2)n1. The van der Waals surface area contributed by atoms with Crippen LogP contribution in [0.25, 0.3) is 0 Å². The van der Waals surface area contributed by atoms with Gasteiger partial charge in [0.2, 0.25) is 0 Å². The first-order valence-electron chi connectivity index (χ1n) is 11.1. The van der Waals surface area contributed by atoms with Crippen molar-refractivity contribution in [2.24, 2.45) is 0 Å². The average Bonchev–Trinajstić information content (AvgIpc) is 2.82. The molecule has 33 heavy (non-hydrogen) atoms. The smallest absolute Gasteiger partial charge is 0.409 e. The van der Waals surface area contributed by atoms with Gasteiger partial charge in [-0.3, -0.25) is 4.79 Å². The molecule has 0 N–H and O–H groups in total. The van der Waals surface area contributed by atoms with Crippen LogP contribution < -0.4 is 4.90 Å². The molecule has 1 aromatic carbocycles. The minimum Gasteiger partial charge on any atom is -0.450 e. The van der Waals surface area contributed by atoms with Crippen molar-refractivity contribution < 1.29 is 14.3 Å². The summed E-state index contributed by atoms with van der Waals surface area (Å²) >= 11 is 7.69. The molecule has 8 nitrogen and oxygen atoms in total. The predicted molar refractivity (Wildman–Crippen MR) is 131 cm³/mol. The van der Waals surface area contributed by atoms with Crippen molar-refractivity contribution in [1.82, 2.24) is 19.8 Å². The highest BCUT2D eigenvalue weighted by Crippen LogP contribution is 2.25. The first kappa shape index (κ1) is 25.1. The summed E-state index contributed by atoms with van der Waals surface area (Å²) in [6, 6.07) is 9.36. The summed E-state index contributed by atoms with van der Waals surface area (Å²) in [4.78, 5) is 39.3. The predicted octanol–water partition coefficient (Wildman–Crippen LogP) is 4.18. The van der Waals surface area contributed by atoms with Crippen LogP contribution in [0.15, 0.2) is 35.5 Å². The number of hydrogen-bond donors (Lipinski definition) is 0. The molecule has 1 saturated heterocycles. The van der Waals surface area contributed by atoms with E-state index in [-0.39, 0.29) is 12.0 Å². The third kappa shape index (κ3) is 6.98. The summed E-state index contributed by atoms with van der Waals surface area (Å²) in [5.41, 5.74) is 1.64. The lowest BCUT2D eigenvalue weighted by atomic mass is 10.1. The van der Waals surface area contributed by atoms with E-state index in [2.05, 4.69) is 21.8 Å². The molecule has 0 bridgehead atoms. The van der Waals surface area contributed by atoms with Gasteiger partial charge in [0, 0.05) is 57.2 Å². The van der Waals surface area contributed by atoms with Gasteiger partial charge in [-0.05, 0) is 31.0 Å². The van der Waals surface area contributed by atoms with Gasteiger partial charge in [-0.15, -0.1) is 0 Å². The van der Waals surface area contributed by atoms with Crippen molar-refractivity contribution >= 4 is 41.2 Å². The van der Waals surface area contributed by atoms with Gasteiger partial charge < -0.3 is 19.4 Å². The minimum atomic E-state index is -0.323. The van der Waals surface area contributed by atoms with Crippen LogP contribution in [0.2, 0.25) is 5.15 Å². The van der Waals surface area contributed by atoms with Gasteiger partial charge in [-0.2, -0.15) is 0 Å². The second kappa shape index (κ2) is 12.1. The summed E-state index contributed by atoms with van der Waals surface area (Å²) in [7, 11) is 1.98. The Hall–Kier alpha value is -2.52. The third-order valence-corrected chi connectivity index (χ3v) is 6.36. The molecule has 0 unspecified atom stereocenters. The van der Waals surface area contributed by atoms with E-state index in [0.717, 1.165) is 24.3 Å². The number of hydrogen-bond acceptors (Lipinski definition) is 7. The van der Waals surface area contributed by atoms with Crippen LogP contribution in [0, 0.1) is 0 Å². The second-order valence-corrected chi connectivity index (χ2v) is 9.05. The molecular weight excluding hydrogens is 462 g/mol. The molecule has 0 spiro atoms. The van der Waals surface area contributed by atoms with E-state index in [9.17, 15) is 9.59 Å². The molecule has 1 fully saturated rings. The molecule has 1 aliphatic rings. The number of carbonyl (C=O) groups excluding carboxylic acids is 2. The van der Waals surface area contributed by atoms with E-state index in [0.29, 0.717) is 54.4 Å². The quantitative estimate of drug-likeness (QED) is 0.311. The Kier molecular flexibility index (Phi) is 9.20. The first-order chi connectivity index (χ1) is 15.9. The van der Waals surface area contributed by atoms with Crippen LogP contribution in [0.1, 0.15) is 36.2 Å². The van der Waals surface area contributed by atoms with Crippen LogP contribution in [0.3, 0.4) is 0 Å². The Labute approximate surface area is 204 Å². The number of carbonyl (C=O) groups is 2. The van der Waals surface area contributed by atoms with Gasteiger partial charge in [0.05, 0.1) is 6.61 Å². The minimum absolute atomic E-state index is 0.0344. The van der Waals surface area contributed by atoms with Crippen LogP contribution in [-0.2, 0) is 10.5 Å². The summed E-state index contributed by atoms with van der Waals surface area (Å²) < 4.78 is 5.04. The molecule has 0 aliphatic carbocycles. The van der Waals surface area contributed by atoms with Gasteiger partial charge in [-0.25, -0.2) is 14.8 Å². The number of nitrogens with zero attached hydrogens (tertiary/aromatic N) is 5. The fourth-order valence-corrected chi connectivity index (χ4v) is 4.55. The van der Waals surface area contributed by atoms with Crippen molar-refractivity contribution in [3.05, 3.63) is 46.6 Å². The molecule has 2 heterocycles. The van der Waals surface area contributed by atoms with Gasteiger partial charge in [-0.1, -0.05) is 42.4 Å². The largest absolute Gasteiger partial charge is 0.450 e. The van der Waals surface area contributed by atoms with Gasteiger partial charge >= 0.3 is 6.09 Å². The number of amides is 2. The number of rotatable bonds is 8. The number of anilines is 1. The summed E-state index contributed by atoms with van der Waals surface area (Å²) in [5, 5.41) is 1.02. The first-order valence-corrected chi connectivity index (χ1v) is 12.5. The van der Waals surface area contributed by atoms with Crippen molar-refractivity contribution in [3.8, 4) is 0 Å². The maximum atomic E-state index is 13.0. The molecule has 0 saturated carbocycles. The Morgan fingerprint density at radius 2 is 1.85 bits per heavy atom. The van der Waals surface area contributed by atoms with E-state index >= 15 is 0 Å². The zero-order valence-electron chi connectivity index (χ0n) is 19.3. The Morgan fingerprint density at radius 1 is 1.12 bits per heavy atom. The number of benzene rings is 1. The van der Waals surface area contributed by atoms with Crippen LogP contribution in [0.5, 0.6) is 0 Å². The molecule has 0 radical (unpaired) electrons. The Balaban J connectivity index is 1.60. The van der Waals surface area contributed by atoms with Crippen LogP contribution in [-0.4, -0.2) is 78.1 Å². The highest BCUT2D eigenvalue weighted by atomic mass is 35.5. The fraction of sp³-hybridized carbons (Fsp3) is 0.478. The lowest BCUT2D eigenvalue weighted by molar-refractivity contribution is 0.0570. The number of thioether (sulfide) groups is 1. The maximum absolute atomic E-state index is 13.0. The van der Waals surface area contributed by atoms with Crippen molar-refractivity contribution in [2.75, 3.05) is 51.3 Å². The highest BCUT2D eigenvalue weighted by molar-refractivity contribution is 7.98. The number of halogens is 1. The zero-order valence-corrected chi connectivity index (χ0v) is 20.9. The van der Waals surface area contributed by atoms with E-state index < -0.39 is 0 Å².